The quantitative estimate of drug-likeness (QED) is 0.911. The lowest BCUT2D eigenvalue weighted by Crippen LogP contribution is -2.35. The number of benzene rings is 1. The van der Waals surface area contributed by atoms with E-state index in [0.29, 0.717) is 6.54 Å². The number of anilines is 2. The van der Waals surface area contributed by atoms with E-state index in [4.69, 9.17) is 9.97 Å². The number of carbonyl (C=O) groups is 1. The highest BCUT2D eigenvalue weighted by atomic mass is 16.1. The first-order valence-corrected chi connectivity index (χ1v) is 8.54. The number of nitrogens with zero attached hydrogens (tertiary/aromatic N) is 4. The van der Waals surface area contributed by atoms with Crippen LogP contribution in [-0.4, -0.2) is 49.6 Å². The lowest BCUT2D eigenvalue weighted by Gasteiger charge is -2.27. The maximum atomic E-state index is 11.8. The molecule has 1 amide bonds. The van der Waals surface area contributed by atoms with Crippen molar-refractivity contribution in [3.05, 3.63) is 24.3 Å². The van der Waals surface area contributed by atoms with E-state index in [1.807, 2.05) is 43.1 Å². The lowest BCUT2D eigenvalue weighted by atomic mass is 10.1. The summed E-state index contributed by atoms with van der Waals surface area (Å²) in [7, 11) is 3.65. The van der Waals surface area contributed by atoms with Gasteiger partial charge in [0, 0.05) is 33.7 Å². The molecule has 3 rings (SSSR count). The van der Waals surface area contributed by atoms with E-state index in [1.165, 1.54) is 12.8 Å². The molecule has 2 aromatic rings. The van der Waals surface area contributed by atoms with Gasteiger partial charge in [-0.05, 0) is 25.0 Å². The third kappa shape index (κ3) is 3.27. The minimum absolute atomic E-state index is 0.0401. The third-order valence-corrected chi connectivity index (χ3v) is 4.54. The number of carbonyl (C=O) groups excluding carboxylic acids is 1. The highest BCUT2D eigenvalue weighted by molar-refractivity contribution is 5.82. The minimum atomic E-state index is -0.111. The van der Waals surface area contributed by atoms with Crippen molar-refractivity contribution in [2.24, 2.45) is 5.92 Å². The highest BCUT2D eigenvalue weighted by Gasteiger charge is 2.23. The fourth-order valence-electron chi connectivity index (χ4n) is 3.21. The summed E-state index contributed by atoms with van der Waals surface area (Å²) >= 11 is 0. The Morgan fingerprint density at radius 2 is 1.88 bits per heavy atom. The van der Waals surface area contributed by atoms with E-state index in [2.05, 4.69) is 10.2 Å². The fraction of sp³-hybridized carbons (Fsp3) is 0.500. The zero-order valence-corrected chi connectivity index (χ0v) is 14.6. The second-order valence-electron chi connectivity index (χ2n) is 6.45. The van der Waals surface area contributed by atoms with Gasteiger partial charge in [0.1, 0.15) is 0 Å². The normalized spacial score (nSPS) is 15.5. The van der Waals surface area contributed by atoms with Gasteiger partial charge in [0.15, 0.2) is 11.6 Å². The standard InChI is InChI=1S/C18H25N5O/c1-13(18(24)19-2)12-22(3)16-17(23-10-6-7-11-23)21-15-9-5-4-8-14(15)20-16/h4-5,8-9,13H,6-7,10-12H2,1-3H3,(H,19,24)/t13-/m1/s1. The molecule has 2 heterocycles. The van der Waals surface area contributed by atoms with Gasteiger partial charge in [-0.3, -0.25) is 4.79 Å². The Kier molecular flexibility index (Phi) is 4.83. The molecule has 6 nitrogen and oxygen atoms in total. The molecule has 1 aromatic heterocycles. The summed E-state index contributed by atoms with van der Waals surface area (Å²) < 4.78 is 0. The van der Waals surface area contributed by atoms with Crippen molar-refractivity contribution in [2.45, 2.75) is 19.8 Å². The molecule has 0 aliphatic carbocycles. The number of rotatable bonds is 5. The van der Waals surface area contributed by atoms with Crippen LogP contribution in [0.3, 0.4) is 0 Å². The molecule has 0 spiro atoms. The van der Waals surface area contributed by atoms with Crippen LogP contribution in [0.5, 0.6) is 0 Å². The fourth-order valence-corrected chi connectivity index (χ4v) is 3.21. The monoisotopic (exact) mass is 327 g/mol. The molecule has 1 fully saturated rings. The van der Waals surface area contributed by atoms with Crippen LogP contribution in [0.4, 0.5) is 11.6 Å². The summed E-state index contributed by atoms with van der Waals surface area (Å²) in [5, 5.41) is 2.71. The van der Waals surface area contributed by atoms with Gasteiger partial charge in [0.25, 0.3) is 0 Å². The molecule has 0 saturated carbocycles. The molecule has 6 heteroatoms. The summed E-state index contributed by atoms with van der Waals surface area (Å²) in [4.78, 5) is 25.9. The average molecular weight is 327 g/mol. The van der Waals surface area contributed by atoms with Crippen LogP contribution in [0.1, 0.15) is 19.8 Å². The molecule has 1 aromatic carbocycles. The maximum Gasteiger partial charge on any atom is 0.224 e. The summed E-state index contributed by atoms with van der Waals surface area (Å²) in [5.74, 6) is 1.71. The Morgan fingerprint density at radius 3 is 2.50 bits per heavy atom. The number of hydrogen-bond donors (Lipinski definition) is 1. The van der Waals surface area contributed by atoms with Gasteiger partial charge in [0.05, 0.1) is 17.0 Å². The number of hydrogen-bond acceptors (Lipinski definition) is 5. The summed E-state index contributed by atoms with van der Waals surface area (Å²) in [6, 6.07) is 7.94. The van der Waals surface area contributed by atoms with Crippen LogP contribution in [0.15, 0.2) is 24.3 Å². The maximum absolute atomic E-state index is 11.8. The summed E-state index contributed by atoms with van der Waals surface area (Å²) in [6.45, 7) is 4.56. The smallest absolute Gasteiger partial charge is 0.224 e. The SMILES string of the molecule is CNC(=O)[C@H](C)CN(C)c1nc2ccccc2nc1N1CCCC1. The van der Waals surface area contributed by atoms with E-state index in [1.54, 1.807) is 7.05 Å². The molecule has 128 valence electrons. The molecule has 0 radical (unpaired) electrons. The van der Waals surface area contributed by atoms with Crippen LogP contribution in [0, 0.1) is 5.92 Å². The van der Waals surface area contributed by atoms with Crippen LogP contribution in [0.2, 0.25) is 0 Å². The molecular weight excluding hydrogens is 302 g/mol. The van der Waals surface area contributed by atoms with E-state index in [-0.39, 0.29) is 11.8 Å². The Labute approximate surface area is 142 Å². The molecule has 1 aliphatic rings. The zero-order valence-electron chi connectivity index (χ0n) is 14.6. The predicted molar refractivity (Wildman–Crippen MR) is 97.5 cm³/mol. The first kappa shape index (κ1) is 16.5. The molecule has 1 atom stereocenters. The predicted octanol–water partition coefficient (Wildman–Crippen LogP) is 2.05. The van der Waals surface area contributed by atoms with Crippen molar-refractivity contribution < 1.29 is 4.79 Å². The second kappa shape index (κ2) is 7.03. The molecule has 0 bridgehead atoms. The zero-order chi connectivity index (χ0) is 17.1. The van der Waals surface area contributed by atoms with Crippen LogP contribution >= 0.6 is 0 Å². The van der Waals surface area contributed by atoms with Crippen molar-refractivity contribution in [3.63, 3.8) is 0 Å². The Hall–Kier alpha value is -2.37. The number of para-hydroxylation sites is 2. The lowest BCUT2D eigenvalue weighted by molar-refractivity contribution is -0.123. The Bertz CT molecular complexity index is 726. The van der Waals surface area contributed by atoms with Crippen molar-refractivity contribution in [3.8, 4) is 0 Å². The van der Waals surface area contributed by atoms with E-state index < -0.39 is 0 Å². The van der Waals surface area contributed by atoms with Gasteiger partial charge in [-0.15, -0.1) is 0 Å². The van der Waals surface area contributed by atoms with Crippen molar-refractivity contribution >= 4 is 28.6 Å². The largest absolute Gasteiger partial charge is 0.359 e. The van der Waals surface area contributed by atoms with Crippen LogP contribution in [0.25, 0.3) is 11.0 Å². The van der Waals surface area contributed by atoms with E-state index >= 15 is 0 Å². The number of amides is 1. The minimum Gasteiger partial charge on any atom is -0.359 e. The third-order valence-electron chi connectivity index (χ3n) is 4.54. The van der Waals surface area contributed by atoms with Crippen LogP contribution in [-0.2, 0) is 4.79 Å². The summed E-state index contributed by atoms with van der Waals surface area (Å²) in [6.07, 6.45) is 2.37. The molecule has 1 N–H and O–H groups in total. The molecule has 0 unspecified atom stereocenters. The second-order valence-corrected chi connectivity index (χ2v) is 6.45. The van der Waals surface area contributed by atoms with Gasteiger partial charge >= 0.3 is 0 Å². The van der Waals surface area contributed by atoms with Crippen molar-refractivity contribution in [1.29, 1.82) is 0 Å². The summed E-state index contributed by atoms with van der Waals surface area (Å²) in [5.41, 5.74) is 1.80. The van der Waals surface area contributed by atoms with Gasteiger partial charge < -0.3 is 15.1 Å². The van der Waals surface area contributed by atoms with Crippen molar-refractivity contribution in [1.82, 2.24) is 15.3 Å². The van der Waals surface area contributed by atoms with Crippen molar-refractivity contribution in [2.75, 3.05) is 43.5 Å². The van der Waals surface area contributed by atoms with Gasteiger partial charge in [-0.1, -0.05) is 19.1 Å². The number of nitrogens with one attached hydrogen (secondary N) is 1. The first-order chi connectivity index (χ1) is 11.6. The molecular formula is C18H25N5O. The van der Waals surface area contributed by atoms with Gasteiger partial charge in [-0.2, -0.15) is 0 Å². The van der Waals surface area contributed by atoms with E-state index in [9.17, 15) is 4.79 Å². The molecule has 1 aliphatic heterocycles. The molecule has 1 saturated heterocycles. The van der Waals surface area contributed by atoms with Gasteiger partial charge in [0.2, 0.25) is 5.91 Å². The average Bonchev–Trinajstić information content (AvgIpc) is 3.14. The molecule has 24 heavy (non-hydrogen) atoms. The highest BCUT2D eigenvalue weighted by Crippen LogP contribution is 2.30. The Morgan fingerprint density at radius 1 is 1.25 bits per heavy atom. The number of fused-ring (bicyclic) bond motifs is 1. The van der Waals surface area contributed by atoms with Crippen LogP contribution < -0.4 is 15.1 Å². The van der Waals surface area contributed by atoms with Gasteiger partial charge in [-0.25, -0.2) is 9.97 Å². The van der Waals surface area contributed by atoms with E-state index in [0.717, 1.165) is 35.8 Å². The topological polar surface area (TPSA) is 61.4 Å². The Balaban J connectivity index is 1.97. The first-order valence-electron chi connectivity index (χ1n) is 8.54. The number of aromatic nitrogens is 2.